The molecule has 4 rings (SSSR count). The zero-order chi connectivity index (χ0) is 16.5. The third kappa shape index (κ3) is 2.53. The molecule has 24 heavy (non-hydrogen) atoms. The Bertz CT molecular complexity index is 983. The van der Waals surface area contributed by atoms with Crippen molar-refractivity contribution in [3.05, 3.63) is 72.6 Å². The van der Waals surface area contributed by atoms with Crippen LogP contribution in [0.1, 0.15) is 5.56 Å². The molecule has 0 aliphatic heterocycles. The minimum Gasteiger partial charge on any atom is -0.399 e. The Morgan fingerprint density at radius 2 is 1.58 bits per heavy atom. The van der Waals surface area contributed by atoms with Crippen molar-refractivity contribution in [3.8, 4) is 22.3 Å². The molecule has 0 bridgehead atoms. The van der Waals surface area contributed by atoms with E-state index in [2.05, 4.69) is 40.3 Å². The Morgan fingerprint density at radius 3 is 2.29 bits per heavy atom. The summed E-state index contributed by atoms with van der Waals surface area (Å²) in [5.74, 6) is 0. The highest BCUT2D eigenvalue weighted by Gasteiger charge is 2.09. The number of benzene rings is 2. The summed E-state index contributed by atoms with van der Waals surface area (Å²) in [6, 6.07) is 18.3. The van der Waals surface area contributed by atoms with E-state index >= 15 is 0 Å². The number of anilines is 1. The van der Waals surface area contributed by atoms with Crippen LogP contribution in [-0.2, 0) is 6.54 Å². The summed E-state index contributed by atoms with van der Waals surface area (Å²) < 4.78 is 0. The predicted octanol–water partition coefficient (Wildman–Crippen LogP) is 3.94. The molecule has 4 heteroatoms. The van der Waals surface area contributed by atoms with Gasteiger partial charge in [0.25, 0.3) is 0 Å². The van der Waals surface area contributed by atoms with Gasteiger partial charge in [-0.2, -0.15) is 0 Å². The summed E-state index contributed by atoms with van der Waals surface area (Å²) in [6.07, 6.45) is 3.88. The number of nitrogen functional groups attached to an aromatic ring is 1. The first-order valence-electron chi connectivity index (χ1n) is 7.87. The zero-order valence-corrected chi connectivity index (χ0v) is 13.2. The largest absolute Gasteiger partial charge is 0.399 e. The van der Waals surface area contributed by atoms with Crippen LogP contribution in [0.3, 0.4) is 0 Å². The van der Waals surface area contributed by atoms with E-state index in [9.17, 15) is 0 Å². The van der Waals surface area contributed by atoms with Crippen LogP contribution in [0.15, 0.2) is 67.0 Å². The van der Waals surface area contributed by atoms with Crippen LogP contribution in [0.5, 0.6) is 0 Å². The second kappa shape index (κ2) is 5.83. The van der Waals surface area contributed by atoms with Gasteiger partial charge in [-0.05, 0) is 34.9 Å². The summed E-state index contributed by atoms with van der Waals surface area (Å²) in [5, 5.41) is 1.10. The number of hydrogen-bond donors (Lipinski definition) is 3. The maximum atomic E-state index is 5.77. The number of H-pyrrole nitrogens is 1. The third-order valence-corrected chi connectivity index (χ3v) is 4.28. The molecule has 2 aromatic heterocycles. The van der Waals surface area contributed by atoms with Crippen molar-refractivity contribution in [1.82, 2.24) is 9.97 Å². The second-order valence-corrected chi connectivity index (χ2v) is 5.85. The van der Waals surface area contributed by atoms with E-state index < -0.39 is 0 Å². The van der Waals surface area contributed by atoms with Gasteiger partial charge in [0.05, 0.1) is 0 Å². The van der Waals surface area contributed by atoms with E-state index in [1.54, 1.807) is 0 Å². The molecule has 0 spiro atoms. The number of rotatable bonds is 3. The molecule has 0 aliphatic carbocycles. The van der Waals surface area contributed by atoms with Crippen molar-refractivity contribution < 1.29 is 0 Å². The lowest BCUT2D eigenvalue weighted by molar-refractivity contribution is 1.07. The Balaban J connectivity index is 1.82. The third-order valence-electron chi connectivity index (χ3n) is 4.28. The molecule has 0 aliphatic rings. The lowest BCUT2D eigenvalue weighted by atomic mass is 10.0. The first-order chi connectivity index (χ1) is 11.7. The fourth-order valence-corrected chi connectivity index (χ4v) is 2.90. The molecule has 0 saturated carbocycles. The monoisotopic (exact) mass is 314 g/mol. The normalized spacial score (nSPS) is 11.0. The lowest BCUT2D eigenvalue weighted by Crippen LogP contribution is -1.95. The van der Waals surface area contributed by atoms with Crippen LogP contribution in [0.25, 0.3) is 33.3 Å². The zero-order valence-electron chi connectivity index (χ0n) is 13.2. The smallest absolute Gasteiger partial charge is 0.137 e. The summed E-state index contributed by atoms with van der Waals surface area (Å²) in [4.78, 5) is 7.80. The highest BCUT2D eigenvalue weighted by molar-refractivity contribution is 5.95. The van der Waals surface area contributed by atoms with Gasteiger partial charge in [-0.25, -0.2) is 4.98 Å². The summed E-state index contributed by atoms with van der Waals surface area (Å²) >= 11 is 0. The van der Waals surface area contributed by atoms with E-state index in [0.717, 1.165) is 44.5 Å². The van der Waals surface area contributed by atoms with Crippen LogP contribution in [0.2, 0.25) is 0 Å². The van der Waals surface area contributed by atoms with Crippen LogP contribution in [0, 0.1) is 0 Å². The highest BCUT2D eigenvalue weighted by Crippen LogP contribution is 2.31. The average molecular weight is 314 g/mol. The number of aromatic amines is 1. The maximum absolute atomic E-state index is 5.77. The summed E-state index contributed by atoms with van der Waals surface area (Å²) in [7, 11) is 0. The fraction of sp³-hybridized carbons (Fsp3) is 0.0500. The van der Waals surface area contributed by atoms with Crippen molar-refractivity contribution in [3.63, 3.8) is 0 Å². The van der Waals surface area contributed by atoms with Crippen molar-refractivity contribution in [2.75, 3.05) is 5.73 Å². The summed E-state index contributed by atoms with van der Waals surface area (Å²) in [6.45, 7) is 0.553. The quantitative estimate of drug-likeness (QED) is 0.501. The molecule has 118 valence electrons. The van der Waals surface area contributed by atoms with Gasteiger partial charge in [-0.15, -0.1) is 0 Å². The van der Waals surface area contributed by atoms with Gasteiger partial charge in [0.15, 0.2) is 0 Å². The minimum atomic E-state index is 0.553. The molecule has 0 fully saturated rings. The first kappa shape index (κ1) is 14.5. The van der Waals surface area contributed by atoms with Crippen molar-refractivity contribution in [2.45, 2.75) is 6.54 Å². The Labute approximate surface area is 140 Å². The molecule has 0 amide bonds. The Hall–Kier alpha value is -3.11. The van der Waals surface area contributed by atoms with Crippen molar-refractivity contribution in [1.29, 1.82) is 0 Å². The number of hydrogen-bond acceptors (Lipinski definition) is 3. The van der Waals surface area contributed by atoms with Crippen LogP contribution in [0.4, 0.5) is 5.69 Å². The Kier molecular flexibility index (Phi) is 3.52. The molecule has 4 nitrogen and oxygen atoms in total. The van der Waals surface area contributed by atoms with Crippen LogP contribution in [-0.4, -0.2) is 9.97 Å². The minimum absolute atomic E-state index is 0.553. The van der Waals surface area contributed by atoms with E-state index in [1.807, 2.05) is 36.7 Å². The van der Waals surface area contributed by atoms with Gasteiger partial charge in [0.1, 0.15) is 5.65 Å². The number of nitrogens with one attached hydrogen (secondary N) is 1. The van der Waals surface area contributed by atoms with Gasteiger partial charge in [0, 0.05) is 41.1 Å². The van der Waals surface area contributed by atoms with Gasteiger partial charge in [-0.1, -0.05) is 36.4 Å². The molecule has 2 heterocycles. The predicted molar refractivity (Wildman–Crippen MR) is 99.3 cm³/mol. The van der Waals surface area contributed by atoms with Gasteiger partial charge in [0.2, 0.25) is 0 Å². The van der Waals surface area contributed by atoms with E-state index in [0.29, 0.717) is 6.54 Å². The van der Waals surface area contributed by atoms with Gasteiger partial charge >= 0.3 is 0 Å². The van der Waals surface area contributed by atoms with Crippen molar-refractivity contribution in [2.24, 2.45) is 5.73 Å². The number of nitrogens with two attached hydrogens (primary N) is 2. The van der Waals surface area contributed by atoms with E-state index in [4.69, 9.17) is 11.5 Å². The average Bonchev–Trinajstić information content (AvgIpc) is 3.05. The topological polar surface area (TPSA) is 80.7 Å². The van der Waals surface area contributed by atoms with Crippen LogP contribution >= 0.6 is 0 Å². The standard InChI is InChI=1S/C20H18N4/c21-10-13-1-3-15(4-2-13)19-12-24-20-18(19)9-16(11-23-20)14-5-7-17(22)8-6-14/h1-9,11-12H,10,21-22H2,(H,23,24). The first-order valence-corrected chi connectivity index (χ1v) is 7.87. The molecule has 4 aromatic rings. The fourth-order valence-electron chi connectivity index (χ4n) is 2.90. The molecule has 0 radical (unpaired) electrons. The van der Waals surface area contributed by atoms with Gasteiger partial charge in [-0.3, -0.25) is 0 Å². The SMILES string of the molecule is NCc1ccc(-c2c[nH]c3ncc(-c4ccc(N)cc4)cc23)cc1. The number of aromatic nitrogens is 2. The number of nitrogens with zero attached hydrogens (tertiary/aromatic N) is 1. The molecule has 0 atom stereocenters. The molecular weight excluding hydrogens is 296 g/mol. The molecule has 0 saturated heterocycles. The summed E-state index contributed by atoms with van der Waals surface area (Å²) in [5.41, 5.74) is 18.7. The number of fused-ring (bicyclic) bond motifs is 1. The van der Waals surface area contributed by atoms with Crippen molar-refractivity contribution >= 4 is 16.7 Å². The molecule has 5 N–H and O–H groups in total. The molecule has 2 aromatic carbocycles. The lowest BCUT2D eigenvalue weighted by Gasteiger charge is -2.05. The van der Waals surface area contributed by atoms with Gasteiger partial charge < -0.3 is 16.5 Å². The van der Waals surface area contributed by atoms with Crippen LogP contribution < -0.4 is 11.5 Å². The van der Waals surface area contributed by atoms with E-state index in [1.165, 1.54) is 0 Å². The highest BCUT2D eigenvalue weighted by atomic mass is 14.8. The second-order valence-electron chi connectivity index (χ2n) is 5.85. The molecular formula is C20H18N4. The number of pyridine rings is 1. The molecule has 0 unspecified atom stereocenters. The maximum Gasteiger partial charge on any atom is 0.137 e. The van der Waals surface area contributed by atoms with E-state index in [-0.39, 0.29) is 0 Å². The Morgan fingerprint density at radius 1 is 0.875 bits per heavy atom.